The molecule has 0 aliphatic carbocycles. The number of carbonyl (C=O) groups is 1. The van der Waals surface area contributed by atoms with Crippen molar-refractivity contribution >= 4 is 11.7 Å². The molecule has 2 N–H and O–H groups in total. The first-order chi connectivity index (χ1) is 8.18. The highest BCUT2D eigenvalue weighted by atomic mass is 16.2. The van der Waals surface area contributed by atoms with Crippen LogP contribution in [0.2, 0.25) is 0 Å². The van der Waals surface area contributed by atoms with E-state index in [2.05, 4.69) is 37.5 Å². The number of urea groups is 1. The molecule has 0 heterocycles. The van der Waals surface area contributed by atoms with Crippen LogP contribution in [0, 0.1) is 19.3 Å². The molecular formula is C15H24N2O. The maximum atomic E-state index is 11.9. The second-order valence-corrected chi connectivity index (χ2v) is 6.06. The topological polar surface area (TPSA) is 41.1 Å². The van der Waals surface area contributed by atoms with Crippen LogP contribution in [0.3, 0.4) is 0 Å². The third-order valence-electron chi connectivity index (χ3n) is 3.13. The van der Waals surface area contributed by atoms with Gasteiger partial charge in [0.05, 0.1) is 0 Å². The number of anilines is 1. The van der Waals surface area contributed by atoms with E-state index in [0.29, 0.717) is 0 Å². The zero-order chi connectivity index (χ0) is 13.9. The van der Waals surface area contributed by atoms with Gasteiger partial charge in [0.25, 0.3) is 0 Å². The number of hydrogen-bond donors (Lipinski definition) is 2. The Hall–Kier alpha value is -1.51. The fraction of sp³-hybridized carbons (Fsp3) is 0.533. The number of hydrogen-bond acceptors (Lipinski definition) is 1. The lowest BCUT2D eigenvalue weighted by molar-refractivity contribution is 0.233. The van der Waals surface area contributed by atoms with Crippen LogP contribution in [0.4, 0.5) is 10.5 Å². The lowest BCUT2D eigenvalue weighted by atomic mass is 9.88. The zero-order valence-corrected chi connectivity index (χ0v) is 12.2. The summed E-state index contributed by atoms with van der Waals surface area (Å²) in [5, 5.41) is 5.83. The molecule has 1 unspecified atom stereocenters. The minimum absolute atomic E-state index is 0.0554. The SMILES string of the molecule is Cc1cc(C)cc(NC(=O)NC(C)C(C)(C)C)c1. The van der Waals surface area contributed by atoms with E-state index in [1.807, 2.05) is 32.9 Å². The van der Waals surface area contributed by atoms with Gasteiger partial charge in [-0.15, -0.1) is 0 Å². The zero-order valence-electron chi connectivity index (χ0n) is 12.2. The van der Waals surface area contributed by atoms with Crippen molar-refractivity contribution in [2.45, 2.75) is 47.6 Å². The predicted molar refractivity (Wildman–Crippen MR) is 77.0 cm³/mol. The first-order valence-corrected chi connectivity index (χ1v) is 6.34. The third kappa shape index (κ3) is 4.40. The summed E-state index contributed by atoms with van der Waals surface area (Å²) in [5.41, 5.74) is 3.19. The van der Waals surface area contributed by atoms with E-state index in [9.17, 15) is 4.79 Å². The molecule has 1 atom stereocenters. The Labute approximate surface area is 110 Å². The van der Waals surface area contributed by atoms with E-state index < -0.39 is 0 Å². The summed E-state index contributed by atoms with van der Waals surface area (Å²) in [6, 6.07) is 5.98. The predicted octanol–water partition coefficient (Wildman–Crippen LogP) is 3.86. The van der Waals surface area contributed by atoms with Crippen molar-refractivity contribution in [3.8, 4) is 0 Å². The molecular weight excluding hydrogens is 224 g/mol. The quantitative estimate of drug-likeness (QED) is 0.819. The average Bonchev–Trinajstić information content (AvgIpc) is 2.13. The van der Waals surface area contributed by atoms with Gasteiger partial charge in [0.15, 0.2) is 0 Å². The van der Waals surface area contributed by atoms with Gasteiger partial charge in [0.1, 0.15) is 0 Å². The molecule has 0 spiro atoms. The van der Waals surface area contributed by atoms with Crippen LogP contribution >= 0.6 is 0 Å². The molecule has 0 bridgehead atoms. The summed E-state index contributed by atoms with van der Waals surface area (Å²) < 4.78 is 0. The van der Waals surface area contributed by atoms with E-state index in [1.54, 1.807) is 0 Å². The van der Waals surface area contributed by atoms with Crippen molar-refractivity contribution in [1.82, 2.24) is 5.32 Å². The second-order valence-electron chi connectivity index (χ2n) is 6.06. The molecule has 18 heavy (non-hydrogen) atoms. The molecule has 0 radical (unpaired) electrons. The number of amides is 2. The molecule has 0 saturated carbocycles. The van der Waals surface area contributed by atoms with E-state index in [-0.39, 0.29) is 17.5 Å². The monoisotopic (exact) mass is 248 g/mol. The van der Waals surface area contributed by atoms with Gasteiger partial charge in [-0.25, -0.2) is 4.79 Å². The average molecular weight is 248 g/mol. The number of carbonyl (C=O) groups excluding carboxylic acids is 1. The highest BCUT2D eigenvalue weighted by molar-refractivity contribution is 5.89. The van der Waals surface area contributed by atoms with Crippen molar-refractivity contribution in [3.63, 3.8) is 0 Å². The molecule has 1 aromatic rings. The maximum Gasteiger partial charge on any atom is 0.319 e. The number of aryl methyl sites for hydroxylation is 2. The van der Waals surface area contributed by atoms with Gasteiger partial charge in [-0.1, -0.05) is 26.8 Å². The molecule has 2 amide bonds. The Morgan fingerprint density at radius 2 is 1.61 bits per heavy atom. The van der Waals surface area contributed by atoms with Crippen LogP contribution < -0.4 is 10.6 Å². The summed E-state index contributed by atoms with van der Waals surface area (Å²) in [6.45, 7) is 12.4. The molecule has 0 aliphatic heterocycles. The minimum Gasteiger partial charge on any atom is -0.335 e. The number of nitrogens with one attached hydrogen (secondary N) is 2. The molecule has 0 aliphatic rings. The van der Waals surface area contributed by atoms with Crippen LogP contribution in [0.1, 0.15) is 38.8 Å². The van der Waals surface area contributed by atoms with Crippen LogP contribution in [0.15, 0.2) is 18.2 Å². The van der Waals surface area contributed by atoms with Crippen molar-refractivity contribution in [3.05, 3.63) is 29.3 Å². The van der Waals surface area contributed by atoms with Gasteiger partial charge in [-0.3, -0.25) is 0 Å². The van der Waals surface area contributed by atoms with Crippen LogP contribution in [-0.2, 0) is 0 Å². The molecule has 3 nitrogen and oxygen atoms in total. The van der Waals surface area contributed by atoms with Crippen molar-refractivity contribution in [2.75, 3.05) is 5.32 Å². The number of rotatable bonds is 2. The Bertz CT molecular complexity index is 412. The summed E-state index contributed by atoms with van der Waals surface area (Å²) in [7, 11) is 0. The third-order valence-corrected chi connectivity index (χ3v) is 3.13. The highest BCUT2D eigenvalue weighted by Crippen LogP contribution is 2.19. The standard InChI is InChI=1S/C15H24N2O/c1-10-7-11(2)9-13(8-10)17-14(18)16-12(3)15(4,5)6/h7-9,12H,1-6H3,(H2,16,17,18). The van der Waals surface area contributed by atoms with Gasteiger partial charge in [-0.2, -0.15) is 0 Å². The van der Waals surface area contributed by atoms with Crippen LogP contribution in [0.5, 0.6) is 0 Å². The van der Waals surface area contributed by atoms with Gasteiger partial charge in [0, 0.05) is 11.7 Å². The lowest BCUT2D eigenvalue weighted by Gasteiger charge is -2.28. The molecule has 3 heteroatoms. The van der Waals surface area contributed by atoms with Crippen LogP contribution in [0.25, 0.3) is 0 Å². The second kappa shape index (κ2) is 5.42. The van der Waals surface area contributed by atoms with Crippen molar-refractivity contribution in [2.24, 2.45) is 5.41 Å². The normalized spacial score (nSPS) is 13.0. The van der Waals surface area contributed by atoms with E-state index >= 15 is 0 Å². The fourth-order valence-electron chi connectivity index (χ4n) is 1.63. The Balaban J connectivity index is 2.65. The van der Waals surface area contributed by atoms with E-state index in [0.717, 1.165) is 16.8 Å². The lowest BCUT2D eigenvalue weighted by Crippen LogP contribution is -2.43. The Morgan fingerprint density at radius 3 is 2.06 bits per heavy atom. The molecule has 0 aromatic heterocycles. The van der Waals surface area contributed by atoms with E-state index in [1.165, 1.54) is 0 Å². The molecule has 0 saturated heterocycles. The Kier molecular flexibility index (Phi) is 4.38. The largest absolute Gasteiger partial charge is 0.335 e. The van der Waals surface area contributed by atoms with Gasteiger partial charge in [-0.05, 0) is 49.4 Å². The van der Waals surface area contributed by atoms with Gasteiger partial charge in [0.2, 0.25) is 0 Å². The highest BCUT2D eigenvalue weighted by Gasteiger charge is 2.21. The molecule has 0 fully saturated rings. The van der Waals surface area contributed by atoms with Gasteiger partial charge < -0.3 is 10.6 Å². The molecule has 100 valence electrons. The summed E-state index contributed by atoms with van der Waals surface area (Å²) in [6.07, 6.45) is 0. The first-order valence-electron chi connectivity index (χ1n) is 6.34. The first kappa shape index (κ1) is 14.6. The van der Waals surface area contributed by atoms with E-state index in [4.69, 9.17) is 0 Å². The smallest absolute Gasteiger partial charge is 0.319 e. The summed E-state index contributed by atoms with van der Waals surface area (Å²) in [5.74, 6) is 0. The fourth-order valence-corrected chi connectivity index (χ4v) is 1.63. The number of benzene rings is 1. The van der Waals surface area contributed by atoms with Gasteiger partial charge >= 0.3 is 6.03 Å². The summed E-state index contributed by atoms with van der Waals surface area (Å²) in [4.78, 5) is 11.9. The minimum atomic E-state index is -0.151. The summed E-state index contributed by atoms with van der Waals surface area (Å²) >= 11 is 0. The van der Waals surface area contributed by atoms with Crippen LogP contribution in [-0.4, -0.2) is 12.1 Å². The Morgan fingerprint density at radius 1 is 1.11 bits per heavy atom. The van der Waals surface area contributed by atoms with Crippen molar-refractivity contribution in [1.29, 1.82) is 0 Å². The maximum absolute atomic E-state index is 11.9. The molecule has 1 aromatic carbocycles. The van der Waals surface area contributed by atoms with Crippen molar-refractivity contribution < 1.29 is 4.79 Å². The molecule has 1 rings (SSSR count).